The van der Waals surface area contributed by atoms with E-state index in [0.29, 0.717) is 0 Å². The largest absolute Gasteiger partial charge is 0.468 e. The second kappa shape index (κ2) is 5.84. The van der Waals surface area contributed by atoms with Gasteiger partial charge >= 0.3 is 5.97 Å². The Morgan fingerprint density at radius 1 is 1.18 bits per heavy atom. The van der Waals surface area contributed by atoms with E-state index in [1.807, 2.05) is 0 Å². The lowest BCUT2D eigenvalue weighted by Gasteiger charge is -2.22. The number of hydrogen-bond acceptors (Lipinski definition) is 4. The van der Waals surface area contributed by atoms with Gasteiger partial charge in [-0.15, -0.1) is 0 Å². The van der Waals surface area contributed by atoms with Crippen LogP contribution in [-0.2, 0) is 19.1 Å². The van der Waals surface area contributed by atoms with E-state index in [1.54, 1.807) is 0 Å². The highest BCUT2D eigenvalue weighted by Gasteiger charge is 2.38. The fraction of sp³-hybridized carbons (Fsp3) is 0.727. The number of esters is 1. The van der Waals surface area contributed by atoms with Gasteiger partial charge in [0.1, 0.15) is 5.92 Å². The third kappa shape index (κ3) is 4.58. The van der Waals surface area contributed by atoms with Crippen LogP contribution in [0.1, 0.15) is 27.2 Å². The van der Waals surface area contributed by atoms with E-state index in [9.17, 15) is 23.2 Å². The van der Waals surface area contributed by atoms with Gasteiger partial charge in [0.25, 0.3) is 6.43 Å². The molecule has 6 heteroatoms. The van der Waals surface area contributed by atoms with Crippen molar-refractivity contribution < 1.29 is 27.9 Å². The minimum absolute atomic E-state index is 0.585. The zero-order chi connectivity index (χ0) is 13.8. The normalized spacial score (nSPS) is 13.4. The van der Waals surface area contributed by atoms with Gasteiger partial charge in [-0.3, -0.25) is 14.4 Å². The summed E-state index contributed by atoms with van der Waals surface area (Å²) in [5, 5.41) is 0. The smallest absolute Gasteiger partial charge is 0.316 e. The van der Waals surface area contributed by atoms with E-state index >= 15 is 0 Å². The molecule has 0 saturated carbocycles. The van der Waals surface area contributed by atoms with Crippen LogP contribution in [0, 0.1) is 11.3 Å². The van der Waals surface area contributed by atoms with E-state index in [-0.39, 0.29) is 0 Å². The number of rotatable bonds is 5. The molecule has 4 nitrogen and oxygen atoms in total. The molecule has 17 heavy (non-hydrogen) atoms. The van der Waals surface area contributed by atoms with Crippen molar-refractivity contribution in [1.29, 1.82) is 0 Å². The summed E-state index contributed by atoms with van der Waals surface area (Å²) in [7, 11) is 1.04. The van der Waals surface area contributed by atoms with Crippen LogP contribution in [-0.4, -0.2) is 31.1 Å². The lowest BCUT2D eigenvalue weighted by Crippen LogP contribution is -2.36. The topological polar surface area (TPSA) is 60.4 Å². The molecule has 0 amide bonds. The molecule has 1 unspecified atom stereocenters. The fourth-order valence-electron chi connectivity index (χ4n) is 1.24. The van der Waals surface area contributed by atoms with Gasteiger partial charge in [0, 0.05) is 11.8 Å². The van der Waals surface area contributed by atoms with Crippen molar-refractivity contribution in [3.05, 3.63) is 0 Å². The second-order valence-corrected chi connectivity index (χ2v) is 4.66. The number of alkyl halides is 2. The van der Waals surface area contributed by atoms with Gasteiger partial charge in [-0.05, 0) is 0 Å². The average Bonchev–Trinajstić information content (AvgIpc) is 2.21. The minimum Gasteiger partial charge on any atom is -0.468 e. The van der Waals surface area contributed by atoms with Crippen LogP contribution in [0.5, 0.6) is 0 Å². The number of hydrogen-bond donors (Lipinski definition) is 0. The van der Waals surface area contributed by atoms with E-state index in [0.717, 1.165) is 7.11 Å². The van der Waals surface area contributed by atoms with Crippen molar-refractivity contribution in [2.75, 3.05) is 7.11 Å². The predicted molar refractivity (Wildman–Crippen MR) is 55.6 cm³/mol. The van der Waals surface area contributed by atoms with E-state index < -0.39 is 41.7 Å². The van der Waals surface area contributed by atoms with Crippen LogP contribution in [0.3, 0.4) is 0 Å². The van der Waals surface area contributed by atoms with Gasteiger partial charge < -0.3 is 4.74 Å². The molecule has 0 bridgehead atoms. The number of ether oxygens (including phenoxy) is 1. The maximum Gasteiger partial charge on any atom is 0.316 e. The van der Waals surface area contributed by atoms with Gasteiger partial charge in [-0.2, -0.15) is 0 Å². The summed E-state index contributed by atoms with van der Waals surface area (Å²) < 4.78 is 28.6. The van der Waals surface area contributed by atoms with Crippen LogP contribution in [0.4, 0.5) is 8.78 Å². The molecule has 0 N–H and O–H groups in total. The molecule has 0 aliphatic rings. The van der Waals surface area contributed by atoms with Crippen molar-refractivity contribution in [3.63, 3.8) is 0 Å². The van der Waals surface area contributed by atoms with E-state index in [4.69, 9.17) is 0 Å². The Labute approximate surface area is 98.3 Å². The Bertz CT molecular complexity index is 318. The molecular weight excluding hydrogens is 234 g/mol. The number of halogens is 2. The van der Waals surface area contributed by atoms with Crippen molar-refractivity contribution in [1.82, 2.24) is 0 Å². The van der Waals surface area contributed by atoms with Crippen LogP contribution >= 0.6 is 0 Å². The molecule has 0 fully saturated rings. The quantitative estimate of drug-likeness (QED) is 0.549. The molecule has 98 valence electrons. The van der Waals surface area contributed by atoms with Crippen LogP contribution in [0.25, 0.3) is 0 Å². The minimum atomic E-state index is -3.19. The highest BCUT2D eigenvalue weighted by Crippen LogP contribution is 2.24. The maximum atomic E-state index is 12.1. The number of carbonyl (C=O) groups is 3. The first-order valence-electron chi connectivity index (χ1n) is 5.04. The molecule has 0 saturated heterocycles. The maximum absolute atomic E-state index is 12.1. The van der Waals surface area contributed by atoms with Crippen LogP contribution < -0.4 is 0 Å². The lowest BCUT2D eigenvalue weighted by atomic mass is 9.81. The first kappa shape index (κ1) is 15.7. The Morgan fingerprint density at radius 3 is 1.94 bits per heavy atom. The zero-order valence-corrected chi connectivity index (χ0v) is 10.3. The molecular formula is C11H16F2O4. The molecule has 0 spiro atoms. The fourth-order valence-corrected chi connectivity index (χ4v) is 1.24. The SMILES string of the molecule is COC(=O)C(CC(=O)C(F)F)C(=O)C(C)(C)C. The van der Waals surface area contributed by atoms with Crippen LogP contribution in [0.15, 0.2) is 0 Å². The van der Waals surface area contributed by atoms with Gasteiger partial charge in [0.2, 0.25) is 0 Å². The zero-order valence-electron chi connectivity index (χ0n) is 10.3. The molecule has 0 aliphatic carbocycles. The summed E-state index contributed by atoms with van der Waals surface area (Å²) in [6.07, 6.45) is -4.00. The molecule has 0 aromatic heterocycles. The lowest BCUT2D eigenvalue weighted by molar-refractivity contribution is -0.154. The molecule has 0 rings (SSSR count). The first-order chi connectivity index (χ1) is 7.61. The number of methoxy groups -OCH3 is 1. The summed E-state index contributed by atoms with van der Waals surface area (Å²) in [4.78, 5) is 34.0. The molecule has 0 aliphatic heterocycles. The van der Waals surface area contributed by atoms with Crippen molar-refractivity contribution in [2.24, 2.45) is 11.3 Å². The summed E-state index contributed by atoms with van der Waals surface area (Å²) in [5.74, 6) is -4.43. The van der Waals surface area contributed by atoms with Crippen molar-refractivity contribution >= 4 is 17.5 Å². The van der Waals surface area contributed by atoms with E-state index in [1.165, 1.54) is 20.8 Å². The highest BCUT2D eigenvalue weighted by atomic mass is 19.3. The molecule has 1 atom stereocenters. The Hall–Kier alpha value is -1.33. The van der Waals surface area contributed by atoms with E-state index in [2.05, 4.69) is 4.74 Å². The predicted octanol–water partition coefficient (Wildman–Crippen LogP) is 1.62. The van der Waals surface area contributed by atoms with Gasteiger partial charge in [-0.25, -0.2) is 8.78 Å². The highest BCUT2D eigenvalue weighted by molar-refractivity contribution is 6.04. The summed E-state index contributed by atoms with van der Waals surface area (Å²) in [5.41, 5.74) is -0.902. The van der Waals surface area contributed by atoms with Gasteiger partial charge in [0.15, 0.2) is 11.6 Å². The number of Topliss-reactive ketones (excluding diaryl/α,β-unsaturated/α-hetero) is 2. The summed E-state index contributed by atoms with van der Waals surface area (Å²) >= 11 is 0. The van der Waals surface area contributed by atoms with Gasteiger partial charge in [0.05, 0.1) is 7.11 Å². The number of carbonyl (C=O) groups excluding carboxylic acids is 3. The van der Waals surface area contributed by atoms with Crippen LogP contribution in [0.2, 0.25) is 0 Å². The summed E-state index contributed by atoms with van der Waals surface area (Å²) in [6.45, 7) is 4.62. The standard InChI is InChI=1S/C11H16F2O4/c1-11(2,3)8(15)6(10(16)17-4)5-7(14)9(12)13/h6,9H,5H2,1-4H3. The van der Waals surface area contributed by atoms with Gasteiger partial charge in [-0.1, -0.05) is 20.8 Å². The van der Waals surface area contributed by atoms with Crippen molar-refractivity contribution in [2.45, 2.75) is 33.6 Å². The van der Waals surface area contributed by atoms with Crippen molar-refractivity contribution in [3.8, 4) is 0 Å². The third-order valence-electron chi connectivity index (χ3n) is 2.19. The Morgan fingerprint density at radius 2 is 1.65 bits per heavy atom. The Balaban J connectivity index is 4.97. The molecule has 0 aromatic rings. The Kier molecular flexibility index (Phi) is 5.38. The molecule has 0 aromatic carbocycles. The third-order valence-corrected chi connectivity index (χ3v) is 2.19. The molecule has 0 radical (unpaired) electrons. The first-order valence-corrected chi connectivity index (χ1v) is 5.04. The monoisotopic (exact) mass is 250 g/mol. The molecule has 0 heterocycles. The average molecular weight is 250 g/mol. The summed E-state index contributed by atoms with van der Waals surface area (Å²) in [6, 6.07) is 0. The number of ketones is 2. The second-order valence-electron chi connectivity index (χ2n) is 4.66.